The first-order valence-corrected chi connectivity index (χ1v) is 4.91. The van der Waals surface area contributed by atoms with Crippen LogP contribution in [0, 0.1) is 0 Å². The van der Waals surface area contributed by atoms with Crippen LogP contribution in [0.2, 0.25) is 0 Å². The zero-order valence-electron chi connectivity index (χ0n) is 7.18. The predicted octanol–water partition coefficient (Wildman–Crippen LogP) is 1.18. The Balaban J connectivity index is 1.82. The van der Waals surface area contributed by atoms with Crippen molar-refractivity contribution in [2.75, 3.05) is 19.8 Å². The van der Waals surface area contributed by atoms with Crippen LogP contribution in [0.1, 0.15) is 32.1 Å². The van der Waals surface area contributed by atoms with E-state index in [4.69, 9.17) is 0 Å². The molecular formula is C9H18N2. The van der Waals surface area contributed by atoms with Gasteiger partial charge in [0.05, 0.1) is 0 Å². The normalized spacial score (nSPS) is 29.5. The van der Waals surface area contributed by atoms with Crippen LogP contribution in [0.4, 0.5) is 0 Å². The first kappa shape index (κ1) is 7.56. The third-order valence-electron chi connectivity index (χ3n) is 2.95. The lowest BCUT2D eigenvalue weighted by Gasteiger charge is -2.32. The van der Waals surface area contributed by atoms with Crippen LogP contribution in [-0.2, 0) is 0 Å². The second-order valence-electron chi connectivity index (χ2n) is 3.76. The lowest BCUT2D eigenvalue weighted by Crippen LogP contribution is -2.46. The molecule has 1 saturated heterocycles. The molecule has 2 heteroatoms. The lowest BCUT2D eigenvalue weighted by atomic mass is 10.2. The average molecular weight is 154 g/mol. The Morgan fingerprint density at radius 1 is 1.09 bits per heavy atom. The predicted molar refractivity (Wildman–Crippen MR) is 46.4 cm³/mol. The van der Waals surface area contributed by atoms with Gasteiger partial charge in [-0.25, -0.2) is 0 Å². The summed E-state index contributed by atoms with van der Waals surface area (Å²) in [7, 11) is 0. The Labute approximate surface area is 69.0 Å². The molecule has 1 aliphatic carbocycles. The van der Waals surface area contributed by atoms with Gasteiger partial charge in [-0.15, -0.1) is 0 Å². The van der Waals surface area contributed by atoms with Crippen LogP contribution >= 0.6 is 0 Å². The van der Waals surface area contributed by atoms with Crippen molar-refractivity contribution in [3.05, 3.63) is 0 Å². The van der Waals surface area contributed by atoms with Crippen molar-refractivity contribution in [1.82, 2.24) is 10.2 Å². The van der Waals surface area contributed by atoms with E-state index in [1.807, 2.05) is 0 Å². The van der Waals surface area contributed by atoms with E-state index in [2.05, 4.69) is 10.2 Å². The van der Waals surface area contributed by atoms with Crippen LogP contribution in [0.3, 0.4) is 0 Å². The number of hydrogen-bond donors (Lipinski definition) is 1. The van der Waals surface area contributed by atoms with E-state index >= 15 is 0 Å². The fourth-order valence-electron chi connectivity index (χ4n) is 2.29. The third-order valence-corrected chi connectivity index (χ3v) is 2.95. The minimum atomic E-state index is 0.919. The smallest absolute Gasteiger partial charge is 0.0483 e. The molecule has 1 saturated carbocycles. The Bertz CT molecular complexity index is 113. The molecule has 2 rings (SSSR count). The minimum absolute atomic E-state index is 0.919. The summed E-state index contributed by atoms with van der Waals surface area (Å²) in [5.41, 5.74) is 0. The molecule has 0 aromatic carbocycles. The Hall–Kier alpha value is -0.0800. The van der Waals surface area contributed by atoms with Crippen molar-refractivity contribution in [3.8, 4) is 0 Å². The fourth-order valence-corrected chi connectivity index (χ4v) is 2.29. The van der Waals surface area contributed by atoms with E-state index in [9.17, 15) is 0 Å². The van der Waals surface area contributed by atoms with Gasteiger partial charge in [-0.3, -0.25) is 4.90 Å². The molecule has 2 aliphatic rings. The average Bonchev–Trinajstić information content (AvgIpc) is 2.58. The van der Waals surface area contributed by atoms with E-state index in [1.165, 1.54) is 45.2 Å². The zero-order valence-corrected chi connectivity index (χ0v) is 7.18. The highest BCUT2D eigenvalue weighted by Gasteiger charge is 2.22. The molecule has 0 atom stereocenters. The SMILES string of the molecule is C1CCC(N2CCCNC2)C1. The van der Waals surface area contributed by atoms with Gasteiger partial charge in [0, 0.05) is 19.3 Å². The highest BCUT2D eigenvalue weighted by Crippen LogP contribution is 2.23. The topological polar surface area (TPSA) is 15.3 Å². The minimum Gasteiger partial charge on any atom is -0.304 e. The van der Waals surface area contributed by atoms with Crippen molar-refractivity contribution < 1.29 is 0 Å². The van der Waals surface area contributed by atoms with Crippen molar-refractivity contribution in [3.63, 3.8) is 0 Å². The molecule has 0 aromatic rings. The summed E-state index contributed by atoms with van der Waals surface area (Å²) >= 11 is 0. The number of hydrogen-bond acceptors (Lipinski definition) is 2. The molecule has 0 radical (unpaired) electrons. The number of rotatable bonds is 1. The highest BCUT2D eigenvalue weighted by molar-refractivity contribution is 4.78. The van der Waals surface area contributed by atoms with Gasteiger partial charge >= 0.3 is 0 Å². The van der Waals surface area contributed by atoms with Crippen molar-refractivity contribution in [2.24, 2.45) is 0 Å². The van der Waals surface area contributed by atoms with Crippen LogP contribution in [0.15, 0.2) is 0 Å². The fraction of sp³-hybridized carbons (Fsp3) is 1.00. The summed E-state index contributed by atoms with van der Waals surface area (Å²) in [6.07, 6.45) is 7.15. The van der Waals surface area contributed by atoms with Gasteiger partial charge in [-0.1, -0.05) is 12.8 Å². The molecule has 1 heterocycles. The molecule has 0 spiro atoms. The lowest BCUT2D eigenvalue weighted by molar-refractivity contribution is 0.155. The van der Waals surface area contributed by atoms with Gasteiger partial charge in [0.25, 0.3) is 0 Å². The van der Waals surface area contributed by atoms with Crippen LogP contribution in [0.25, 0.3) is 0 Å². The maximum Gasteiger partial charge on any atom is 0.0483 e. The number of nitrogens with one attached hydrogen (secondary N) is 1. The summed E-state index contributed by atoms with van der Waals surface area (Å²) in [6.45, 7) is 3.70. The van der Waals surface area contributed by atoms with Crippen molar-refractivity contribution in [2.45, 2.75) is 38.1 Å². The van der Waals surface area contributed by atoms with Crippen LogP contribution in [-0.4, -0.2) is 30.7 Å². The molecule has 0 unspecified atom stereocenters. The summed E-state index contributed by atoms with van der Waals surface area (Å²) in [5.74, 6) is 0. The quantitative estimate of drug-likeness (QED) is 0.610. The Morgan fingerprint density at radius 2 is 1.91 bits per heavy atom. The summed E-state index contributed by atoms with van der Waals surface area (Å²) in [4.78, 5) is 2.62. The van der Waals surface area contributed by atoms with E-state index in [0.717, 1.165) is 12.7 Å². The highest BCUT2D eigenvalue weighted by atomic mass is 15.3. The first-order chi connectivity index (χ1) is 5.47. The van der Waals surface area contributed by atoms with Crippen LogP contribution in [0.5, 0.6) is 0 Å². The van der Waals surface area contributed by atoms with E-state index < -0.39 is 0 Å². The summed E-state index contributed by atoms with van der Waals surface area (Å²) in [6, 6.07) is 0.919. The molecular weight excluding hydrogens is 136 g/mol. The second kappa shape index (κ2) is 3.55. The Morgan fingerprint density at radius 3 is 2.55 bits per heavy atom. The van der Waals surface area contributed by atoms with Crippen molar-refractivity contribution >= 4 is 0 Å². The molecule has 2 nitrogen and oxygen atoms in total. The Kier molecular flexibility index (Phi) is 2.44. The van der Waals surface area contributed by atoms with Gasteiger partial charge in [0.1, 0.15) is 0 Å². The third kappa shape index (κ3) is 1.74. The molecule has 2 fully saturated rings. The molecule has 1 N–H and O–H groups in total. The summed E-state index contributed by atoms with van der Waals surface area (Å²) < 4.78 is 0. The molecule has 0 amide bonds. The van der Waals surface area contributed by atoms with Gasteiger partial charge in [0.2, 0.25) is 0 Å². The number of nitrogens with zero attached hydrogens (tertiary/aromatic N) is 1. The molecule has 64 valence electrons. The van der Waals surface area contributed by atoms with E-state index in [1.54, 1.807) is 0 Å². The van der Waals surface area contributed by atoms with E-state index in [0.29, 0.717) is 0 Å². The maximum atomic E-state index is 3.44. The molecule has 11 heavy (non-hydrogen) atoms. The molecule has 0 bridgehead atoms. The second-order valence-corrected chi connectivity index (χ2v) is 3.76. The maximum absolute atomic E-state index is 3.44. The standard InChI is InChI=1S/C9H18N2/c1-2-5-9(4-1)11-7-3-6-10-8-11/h9-10H,1-8H2. The van der Waals surface area contributed by atoms with Gasteiger partial charge in [-0.2, -0.15) is 0 Å². The van der Waals surface area contributed by atoms with Gasteiger partial charge in [0.15, 0.2) is 0 Å². The van der Waals surface area contributed by atoms with Crippen molar-refractivity contribution in [1.29, 1.82) is 0 Å². The summed E-state index contributed by atoms with van der Waals surface area (Å²) in [5, 5.41) is 3.44. The first-order valence-electron chi connectivity index (χ1n) is 4.91. The van der Waals surface area contributed by atoms with E-state index in [-0.39, 0.29) is 0 Å². The monoisotopic (exact) mass is 154 g/mol. The molecule has 0 aromatic heterocycles. The largest absolute Gasteiger partial charge is 0.304 e. The molecule has 1 aliphatic heterocycles. The zero-order chi connectivity index (χ0) is 7.52. The van der Waals surface area contributed by atoms with Gasteiger partial charge < -0.3 is 5.32 Å². The van der Waals surface area contributed by atoms with Gasteiger partial charge in [-0.05, 0) is 25.8 Å². The van der Waals surface area contributed by atoms with Crippen LogP contribution < -0.4 is 5.32 Å².